The van der Waals surface area contributed by atoms with Crippen LogP contribution in [0.15, 0.2) is 0 Å². The summed E-state index contributed by atoms with van der Waals surface area (Å²) in [5.74, 6) is 0. The maximum absolute atomic E-state index is 12.0. The number of carbonyl (C=O) groups excluding carboxylic acids is 1. The summed E-state index contributed by atoms with van der Waals surface area (Å²) in [7, 11) is 0. The number of hydrogen-bond acceptors (Lipinski definition) is 2. The Labute approximate surface area is 116 Å². The molecule has 4 heteroatoms. The SMILES string of the molecule is O=C(NCCOC1CCCCC1)N1CCCCCC1. The molecule has 0 spiro atoms. The number of carbonyl (C=O) groups is 1. The highest BCUT2D eigenvalue weighted by Gasteiger charge is 2.16. The molecule has 2 amide bonds. The molecule has 0 unspecified atom stereocenters. The summed E-state index contributed by atoms with van der Waals surface area (Å²) in [6.07, 6.45) is 11.6. The summed E-state index contributed by atoms with van der Waals surface area (Å²) < 4.78 is 5.81. The molecule has 1 N–H and O–H groups in total. The van der Waals surface area contributed by atoms with Crippen molar-refractivity contribution in [3.63, 3.8) is 0 Å². The fraction of sp³-hybridized carbons (Fsp3) is 0.933. The highest BCUT2D eigenvalue weighted by molar-refractivity contribution is 5.74. The Balaban J connectivity index is 1.55. The van der Waals surface area contributed by atoms with Crippen LogP contribution >= 0.6 is 0 Å². The van der Waals surface area contributed by atoms with Crippen molar-refractivity contribution in [2.45, 2.75) is 63.9 Å². The molecule has 4 nitrogen and oxygen atoms in total. The predicted octanol–water partition coefficient (Wildman–Crippen LogP) is 2.92. The van der Waals surface area contributed by atoms with Gasteiger partial charge in [-0.25, -0.2) is 4.79 Å². The first-order chi connectivity index (χ1) is 9.36. The van der Waals surface area contributed by atoms with Gasteiger partial charge in [-0.05, 0) is 25.7 Å². The molecule has 0 aromatic rings. The summed E-state index contributed by atoms with van der Waals surface area (Å²) in [4.78, 5) is 13.9. The first-order valence-corrected chi connectivity index (χ1v) is 8.00. The topological polar surface area (TPSA) is 41.6 Å². The van der Waals surface area contributed by atoms with Crippen LogP contribution in [0, 0.1) is 0 Å². The van der Waals surface area contributed by atoms with Crippen molar-refractivity contribution in [2.75, 3.05) is 26.2 Å². The van der Waals surface area contributed by atoms with Crippen LogP contribution in [-0.2, 0) is 4.74 Å². The van der Waals surface area contributed by atoms with Gasteiger partial charge in [0.1, 0.15) is 0 Å². The van der Waals surface area contributed by atoms with Gasteiger partial charge in [0.2, 0.25) is 0 Å². The molecule has 1 saturated carbocycles. The monoisotopic (exact) mass is 268 g/mol. The van der Waals surface area contributed by atoms with Gasteiger partial charge in [0, 0.05) is 19.6 Å². The normalized spacial score (nSPS) is 22.0. The molecule has 0 radical (unpaired) electrons. The molecular formula is C15H28N2O2. The van der Waals surface area contributed by atoms with E-state index in [0.29, 0.717) is 19.3 Å². The van der Waals surface area contributed by atoms with Gasteiger partial charge in [0.15, 0.2) is 0 Å². The van der Waals surface area contributed by atoms with Crippen LogP contribution in [0.25, 0.3) is 0 Å². The Morgan fingerprint density at radius 3 is 2.32 bits per heavy atom. The summed E-state index contributed by atoms with van der Waals surface area (Å²) in [6, 6.07) is 0.0918. The zero-order chi connectivity index (χ0) is 13.3. The third kappa shape index (κ3) is 5.39. The van der Waals surface area contributed by atoms with E-state index in [0.717, 1.165) is 25.9 Å². The van der Waals surface area contributed by atoms with Crippen LogP contribution in [0.5, 0.6) is 0 Å². The zero-order valence-electron chi connectivity index (χ0n) is 12.0. The van der Waals surface area contributed by atoms with Crippen LogP contribution in [0.1, 0.15) is 57.8 Å². The summed E-state index contributed by atoms with van der Waals surface area (Å²) >= 11 is 0. The largest absolute Gasteiger partial charge is 0.376 e. The smallest absolute Gasteiger partial charge is 0.317 e. The van der Waals surface area contributed by atoms with E-state index in [1.807, 2.05) is 4.90 Å². The summed E-state index contributed by atoms with van der Waals surface area (Å²) in [6.45, 7) is 3.13. The molecule has 1 saturated heterocycles. The number of hydrogen-bond donors (Lipinski definition) is 1. The van der Waals surface area contributed by atoms with E-state index in [-0.39, 0.29) is 6.03 Å². The van der Waals surface area contributed by atoms with E-state index in [4.69, 9.17) is 4.74 Å². The number of ether oxygens (including phenoxy) is 1. The molecule has 2 aliphatic rings. The predicted molar refractivity (Wildman–Crippen MR) is 76.3 cm³/mol. The molecule has 1 heterocycles. The molecule has 1 aliphatic heterocycles. The highest BCUT2D eigenvalue weighted by Crippen LogP contribution is 2.19. The van der Waals surface area contributed by atoms with Crippen molar-refractivity contribution < 1.29 is 9.53 Å². The highest BCUT2D eigenvalue weighted by atomic mass is 16.5. The van der Waals surface area contributed by atoms with Crippen LogP contribution in [0.2, 0.25) is 0 Å². The summed E-state index contributed by atoms with van der Waals surface area (Å²) in [5, 5.41) is 2.98. The van der Waals surface area contributed by atoms with E-state index in [9.17, 15) is 4.79 Å². The third-order valence-corrected chi connectivity index (χ3v) is 4.18. The van der Waals surface area contributed by atoms with Crippen LogP contribution in [-0.4, -0.2) is 43.3 Å². The fourth-order valence-corrected chi connectivity index (χ4v) is 3.00. The fourth-order valence-electron chi connectivity index (χ4n) is 3.00. The van der Waals surface area contributed by atoms with Gasteiger partial charge in [0.05, 0.1) is 12.7 Å². The van der Waals surface area contributed by atoms with Gasteiger partial charge in [0.25, 0.3) is 0 Å². The minimum atomic E-state index is 0.0918. The lowest BCUT2D eigenvalue weighted by atomic mass is 9.98. The lowest BCUT2D eigenvalue weighted by molar-refractivity contribution is 0.0307. The second-order valence-corrected chi connectivity index (χ2v) is 5.76. The maximum atomic E-state index is 12.0. The number of nitrogens with zero attached hydrogens (tertiary/aromatic N) is 1. The summed E-state index contributed by atoms with van der Waals surface area (Å²) in [5.41, 5.74) is 0. The van der Waals surface area contributed by atoms with Crippen molar-refractivity contribution >= 4 is 6.03 Å². The molecule has 19 heavy (non-hydrogen) atoms. The second kappa shape index (κ2) is 8.41. The standard InChI is InChI=1S/C15H28N2O2/c18-15(17-11-6-1-2-7-12-17)16-10-13-19-14-8-4-3-5-9-14/h14H,1-13H2,(H,16,18). The average Bonchev–Trinajstić information content (AvgIpc) is 2.73. The Morgan fingerprint density at radius 2 is 1.63 bits per heavy atom. The Bertz CT molecular complexity index is 257. The van der Waals surface area contributed by atoms with Gasteiger partial charge >= 0.3 is 6.03 Å². The number of nitrogens with one attached hydrogen (secondary N) is 1. The molecule has 0 aromatic heterocycles. The van der Waals surface area contributed by atoms with Gasteiger partial charge < -0.3 is 15.0 Å². The molecule has 1 aliphatic carbocycles. The van der Waals surface area contributed by atoms with E-state index >= 15 is 0 Å². The molecule has 110 valence electrons. The minimum Gasteiger partial charge on any atom is -0.376 e. The van der Waals surface area contributed by atoms with E-state index < -0.39 is 0 Å². The van der Waals surface area contributed by atoms with Crippen molar-refractivity contribution in [2.24, 2.45) is 0 Å². The molecule has 2 rings (SSSR count). The van der Waals surface area contributed by atoms with Gasteiger partial charge in [-0.1, -0.05) is 32.1 Å². The molecular weight excluding hydrogens is 240 g/mol. The van der Waals surface area contributed by atoms with Crippen LogP contribution < -0.4 is 5.32 Å². The Morgan fingerprint density at radius 1 is 1.00 bits per heavy atom. The number of urea groups is 1. The quantitative estimate of drug-likeness (QED) is 0.797. The van der Waals surface area contributed by atoms with Crippen molar-refractivity contribution in [3.05, 3.63) is 0 Å². The lowest BCUT2D eigenvalue weighted by Crippen LogP contribution is -2.42. The van der Waals surface area contributed by atoms with Crippen molar-refractivity contribution in [3.8, 4) is 0 Å². The first-order valence-electron chi connectivity index (χ1n) is 8.00. The minimum absolute atomic E-state index is 0.0918. The third-order valence-electron chi connectivity index (χ3n) is 4.18. The average molecular weight is 268 g/mol. The molecule has 0 aromatic carbocycles. The molecule has 0 atom stereocenters. The lowest BCUT2D eigenvalue weighted by Gasteiger charge is -2.23. The van der Waals surface area contributed by atoms with E-state index in [1.165, 1.54) is 44.9 Å². The van der Waals surface area contributed by atoms with Crippen LogP contribution in [0.4, 0.5) is 4.79 Å². The van der Waals surface area contributed by atoms with E-state index in [1.54, 1.807) is 0 Å². The van der Waals surface area contributed by atoms with Gasteiger partial charge in [-0.2, -0.15) is 0 Å². The van der Waals surface area contributed by atoms with Gasteiger partial charge in [-0.3, -0.25) is 0 Å². The van der Waals surface area contributed by atoms with Crippen molar-refractivity contribution in [1.82, 2.24) is 10.2 Å². The zero-order valence-corrected chi connectivity index (χ0v) is 12.0. The van der Waals surface area contributed by atoms with Crippen LogP contribution in [0.3, 0.4) is 0 Å². The molecule has 2 fully saturated rings. The number of rotatable bonds is 4. The Kier molecular flexibility index (Phi) is 6.48. The molecule has 0 bridgehead atoms. The number of amides is 2. The Hall–Kier alpha value is -0.770. The first kappa shape index (κ1) is 14.6. The van der Waals surface area contributed by atoms with Gasteiger partial charge in [-0.15, -0.1) is 0 Å². The van der Waals surface area contributed by atoms with E-state index in [2.05, 4.69) is 5.32 Å². The number of likely N-dealkylation sites (tertiary alicyclic amines) is 1. The second-order valence-electron chi connectivity index (χ2n) is 5.76. The maximum Gasteiger partial charge on any atom is 0.317 e. The van der Waals surface area contributed by atoms with Crippen molar-refractivity contribution in [1.29, 1.82) is 0 Å².